The van der Waals surface area contributed by atoms with Crippen LogP contribution in [0.15, 0.2) is 30.5 Å². The number of halogens is 5. The van der Waals surface area contributed by atoms with Crippen molar-refractivity contribution in [2.45, 2.75) is 32.5 Å². The number of benzene rings is 1. The van der Waals surface area contributed by atoms with Gasteiger partial charge in [-0.05, 0) is 43.7 Å². The second kappa shape index (κ2) is 7.60. The molecule has 0 unspecified atom stereocenters. The van der Waals surface area contributed by atoms with Crippen molar-refractivity contribution < 1.29 is 22.4 Å². The van der Waals surface area contributed by atoms with Gasteiger partial charge in [0.15, 0.2) is 5.82 Å². The molecule has 0 saturated heterocycles. The molecular formula is C20H16ClF4N5O. The Hall–Kier alpha value is -3.01. The van der Waals surface area contributed by atoms with Crippen LogP contribution in [-0.2, 0) is 12.6 Å². The zero-order chi connectivity index (χ0) is 22.5. The van der Waals surface area contributed by atoms with Gasteiger partial charge in [0.2, 0.25) is 0 Å². The van der Waals surface area contributed by atoms with Crippen molar-refractivity contribution in [1.82, 2.24) is 24.9 Å². The third-order valence-corrected chi connectivity index (χ3v) is 5.61. The van der Waals surface area contributed by atoms with Gasteiger partial charge in [-0.15, -0.1) is 5.10 Å². The smallest absolute Gasteiger partial charge is 0.330 e. The number of carbonyl (C=O) groups is 1. The van der Waals surface area contributed by atoms with Crippen LogP contribution < -0.4 is 0 Å². The van der Waals surface area contributed by atoms with Gasteiger partial charge in [0, 0.05) is 13.0 Å². The van der Waals surface area contributed by atoms with E-state index in [0.717, 1.165) is 24.4 Å². The van der Waals surface area contributed by atoms with Crippen LogP contribution in [0.3, 0.4) is 0 Å². The second-order valence-corrected chi connectivity index (χ2v) is 7.65. The number of amides is 1. The summed E-state index contributed by atoms with van der Waals surface area (Å²) in [5.74, 6) is -0.680. The number of hydrogen-bond donors (Lipinski definition) is 0. The molecule has 4 rings (SSSR count). The molecule has 0 aliphatic carbocycles. The number of pyridine rings is 1. The predicted molar refractivity (Wildman–Crippen MR) is 103 cm³/mol. The van der Waals surface area contributed by atoms with Crippen LogP contribution in [0, 0.1) is 12.7 Å². The molecule has 1 atom stereocenters. The van der Waals surface area contributed by atoms with E-state index in [9.17, 15) is 22.4 Å². The molecule has 2 aromatic heterocycles. The van der Waals surface area contributed by atoms with Gasteiger partial charge in [0.1, 0.15) is 11.5 Å². The third-order valence-electron chi connectivity index (χ3n) is 5.28. The maximum absolute atomic E-state index is 13.5. The lowest BCUT2D eigenvalue weighted by Gasteiger charge is -2.33. The molecule has 162 valence electrons. The Morgan fingerprint density at radius 3 is 2.68 bits per heavy atom. The first kappa shape index (κ1) is 21.2. The van der Waals surface area contributed by atoms with Crippen LogP contribution >= 0.6 is 11.6 Å². The summed E-state index contributed by atoms with van der Waals surface area (Å²) in [6.07, 6.45) is -3.16. The molecule has 0 spiro atoms. The molecule has 1 aliphatic rings. The number of carbonyl (C=O) groups excluding carboxylic acids is 1. The summed E-state index contributed by atoms with van der Waals surface area (Å²) in [4.78, 5) is 18.5. The van der Waals surface area contributed by atoms with Crippen molar-refractivity contribution in [3.63, 3.8) is 0 Å². The first-order chi connectivity index (χ1) is 14.6. The Morgan fingerprint density at radius 2 is 2.00 bits per heavy atom. The molecule has 6 nitrogen and oxygen atoms in total. The van der Waals surface area contributed by atoms with Gasteiger partial charge in [0.25, 0.3) is 5.91 Å². The second-order valence-electron chi connectivity index (χ2n) is 7.24. The van der Waals surface area contributed by atoms with Gasteiger partial charge in [-0.1, -0.05) is 16.8 Å². The molecule has 1 aromatic carbocycles. The SMILES string of the molecule is Cc1cc(-n2nnc3c2CCN(C(=O)c2cc(C(F)(F)F)ccc2Cl)[C@H]3C)ncc1F. The lowest BCUT2D eigenvalue weighted by atomic mass is 10.0. The number of nitrogens with zero attached hydrogens (tertiary/aromatic N) is 5. The standard InChI is InChI=1S/C20H16ClF4N5O/c1-10-7-17(26-9-15(10)22)30-16-5-6-29(11(2)18(16)27-28-30)19(31)13-8-12(20(23,24)25)3-4-14(13)21/h3-4,7-9,11H,5-6H2,1-2H3/t11-/m0/s1. The molecule has 1 aliphatic heterocycles. The summed E-state index contributed by atoms with van der Waals surface area (Å²) >= 11 is 6.03. The topological polar surface area (TPSA) is 63.9 Å². The summed E-state index contributed by atoms with van der Waals surface area (Å²) in [5, 5.41) is 8.17. The lowest BCUT2D eigenvalue weighted by molar-refractivity contribution is -0.137. The van der Waals surface area contributed by atoms with E-state index in [-0.39, 0.29) is 17.1 Å². The van der Waals surface area contributed by atoms with Crippen LogP contribution in [0.25, 0.3) is 5.82 Å². The molecule has 11 heteroatoms. The fourth-order valence-electron chi connectivity index (χ4n) is 3.56. The highest BCUT2D eigenvalue weighted by molar-refractivity contribution is 6.33. The molecule has 0 N–H and O–H groups in total. The summed E-state index contributed by atoms with van der Waals surface area (Å²) < 4.78 is 54.3. The number of rotatable bonds is 2. The van der Waals surface area contributed by atoms with E-state index < -0.39 is 29.5 Å². The first-order valence-electron chi connectivity index (χ1n) is 9.32. The third kappa shape index (κ3) is 3.76. The largest absolute Gasteiger partial charge is 0.416 e. The Labute approximate surface area is 179 Å². The number of fused-ring (bicyclic) bond motifs is 1. The average molecular weight is 454 g/mol. The van der Waals surface area contributed by atoms with E-state index in [0.29, 0.717) is 29.2 Å². The van der Waals surface area contributed by atoms with Crippen LogP contribution in [-0.4, -0.2) is 37.3 Å². The van der Waals surface area contributed by atoms with E-state index in [1.807, 2.05) is 0 Å². The highest BCUT2D eigenvalue weighted by Crippen LogP contribution is 2.35. The molecule has 0 bridgehead atoms. The van der Waals surface area contributed by atoms with E-state index in [1.165, 1.54) is 15.6 Å². The highest BCUT2D eigenvalue weighted by atomic mass is 35.5. The summed E-state index contributed by atoms with van der Waals surface area (Å²) in [6.45, 7) is 3.53. The fourth-order valence-corrected chi connectivity index (χ4v) is 3.76. The lowest BCUT2D eigenvalue weighted by Crippen LogP contribution is -2.39. The van der Waals surface area contributed by atoms with Gasteiger partial charge in [-0.3, -0.25) is 4.79 Å². The van der Waals surface area contributed by atoms with E-state index in [4.69, 9.17) is 11.6 Å². The van der Waals surface area contributed by atoms with E-state index in [1.54, 1.807) is 13.8 Å². The molecule has 0 saturated carbocycles. The van der Waals surface area contributed by atoms with Crippen molar-refractivity contribution in [3.05, 3.63) is 69.4 Å². The molecule has 1 amide bonds. The molecule has 3 heterocycles. The van der Waals surface area contributed by atoms with Gasteiger partial charge in [-0.25, -0.2) is 9.37 Å². The van der Waals surface area contributed by atoms with Crippen LogP contribution in [0.5, 0.6) is 0 Å². The maximum Gasteiger partial charge on any atom is 0.416 e. The van der Waals surface area contributed by atoms with E-state index >= 15 is 0 Å². The molecule has 0 fully saturated rings. The predicted octanol–water partition coefficient (Wildman–Crippen LogP) is 4.54. The molecule has 0 radical (unpaired) electrons. The van der Waals surface area contributed by atoms with Crippen LogP contribution in [0.2, 0.25) is 5.02 Å². The fraction of sp³-hybridized carbons (Fsp3) is 0.300. The Balaban J connectivity index is 1.66. The van der Waals surface area contributed by atoms with Crippen molar-refractivity contribution in [3.8, 4) is 5.82 Å². The number of hydrogen-bond acceptors (Lipinski definition) is 4. The van der Waals surface area contributed by atoms with Crippen LogP contribution in [0.1, 0.15) is 45.8 Å². The monoisotopic (exact) mass is 453 g/mol. The summed E-state index contributed by atoms with van der Waals surface area (Å²) in [5.41, 5.74) is 0.412. The van der Waals surface area contributed by atoms with Crippen LogP contribution in [0.4, 0.5) is 17.6 Å². The van der Waals surface area contributed by atoms with Gasteiger partial charge >= 0.3 is 6.18 Å². The minimum absolute atomic E-state index is 0.0642. The normalized spacial score (nSPS) is 16.4. The number of aryl methyl sites for hydroxylation is 1. The van der Waals surface area contributed by atoms with Gasteiger partial charge in [0.05, 0.1) is 34.1 Å². The minimum Gasteiger partial charge on any atom is -0.330 e. The highest BCUT2D eigenvalue weighted by Gasteiger charge is 2.36. The average Bonchev–Trinajstić information content (AvgIpc) is 3.14. The molecule has 31 heavy (non-hydrogen) atoms. The van der Waals surface area contributed by atoms with Crippen molar-refractivity contribution in [2.75, 3.05) is 6.54 Å². The quantitative estimate of drug-likeness (QED) is 0.534. The zero-order valence-electron chi connectivity index (χ0n) is 16.4. The van der Waals surface area contributed by atoms with Gasteiger partial charge in [-0.2, -0.15) is 17.9 Å². The first-order valence-corrected chi connectivity index (χ1v) is 9.70. The summed E-state index contributed by atoms with van der Waals surface area (Å²) in [7, 11) is 0. The number of alkyl halides is 3. The van der Waals surface area contributed by atoms with Crippen molar-refractivity contribution in [2.24, 2.45) is 0 Å². The summed E-state index contributed by atoms with van der Waals surface area (Å²) in [6, 6.07) is 3.64. The number of aromatic nitrogens is 4. The zero-order valence-corrected chi connectivity index (χ0v) is 17.2. The maximum atomic E-state index is 13.5. The molecule has 3 aromatic rings. The van der Waals surface area contributed by atoms with E-state index in [2.05, 4.69) is 15.3 Å². The Kier molecular flexibility index (Phi) is 5.20. The minimum atomic E-state index is -4.59. The Morgan fingerprint density at radius 1 is 1.26 bits per heavy atom. The van der Waals surface area contributed by atoms with Gasteiger partial charge < -0.3 is 4.90 Å². The van der Waals surface area contributed by atoms with Crippen molar-refractivity contribution in [1.29, 1.82) is 0 Å². The Bertz CT molecular complexity index is 1180. The molecular weight excluding hydrogens is 438 g/mol. The van der Waals surface area contributed by atoms with Crippen molar-refractivity contribution >= 4 is 17.5 Å².